The van der Waals surface area contributed by atoms with Gasteiger partial charge in [-0.15, -0.1) is 0 Å². The molecule has 3 heteroatoms. The molecule has 0 heterocycles. The molecule has 0 saturated carbocycles. The first-order chi connectivity index (χ1) is 6.13. The van der Waals surface area contributed by atoms with Crippen molar-refractivity contribution in [1.82, 2.24) is 0 Å². The third-order valence-corrected chi connectivity index (χ3v) is 2.67. The molecule has 1 atom stereocenters. The van der Waals surface area contributed by atoms with Crippen molar-refractivity contribution in [2.24, 2.45) is 5.92 Å². The van der Waals surface area contributed by atoms with Crippen molar-refractivity contribution in [3.63, 3.8) is 0 Å². The number of hydrogen-bond acceptors (Lipinski definition) is 2. The number of hydrogen-bond donors (Lipinski definition) is 1. The summed E-state index contributed by atoms with van der Waals surface area (Å²) in [5.74, 6) is 0.337. The molecule has 1 N–H and O–H groups in total. The Hall–Kier alpha value is -0.580. The van der Waals surface area contributed by atoms with Crippen molar-refractivity contribution < 1.29 is 9.90 Å². The highest BCUT2D eigenvalue weighted by Gasteiger charge is 2.03. The van der Waals surface area contributed by atoms with Gasteiger partial charge in [0.1, 0.15) is 12.0 Å². The molecule has 0 amide bonds. The first-order valence-electron chi connectivity index (χ1n) is 4.06. The van der Waals surface area contributed by atoms with Gasteiger partial charge in [-0.25, -0.2) is 0 Å². The van der Waals surface area contributed by atoms with Crippen LogP contribution in [0.5, 0.6) is 5.75 Å². The third kappa shape index (κ3) is 2.99. The summed E-state index contributed by atoms with van der Waals surface area (Å²) in [6, 6.07) is 5.40. The number of carbonyl (C=O) groups excluding carboxylic acids is 1. The minimum Gasteiger partial charge on any atom is -0.507 e. The SMILES string of the molecule is CC(C=O)Cc1ccc(O)c(I)c1. The van der Waals surface area contributed by atoms with E-state index >= 15 is 0 Å². The molecule has 0 aliphatic rings. The van der Waals surface area contributed by atoms with Gasteiger partial charge in [-0.05, 0) is 46.7 Å². The average Bonchev–Trinajstić information content (AvgIpc) is 2.11. The van der Waals surface area contributed by atoms with Crippen LogP contribution < -0.4 is 0 Å². The molecule has 1 rings (SSSR count). The second-order valence-electron chi connectivity index (χ2n) is 3.10. The van der Waals surface area contributed by atoms with E-state index in [0.29, 0.717) is 5.75 Å². The van der Waals surface area contributed by atoms with E-state index in [1.807, 2.05) is 19.1 Å². The van der Waals surface area contributed by atoms with Crippen LogP contribution in [0.1, 0.15) is 12.5 Å². The van der Waals surface area contributed by atoms with Gasteiger partial charge in [0.05, 0.1) is 3.57 Å². The summed E-state index contributed by atoms with van der Waals surface area (Å²) >= 11 is 2.07. The predicted octanol–water partition coefficient (Wildman–Crippen LogP) is 2.37. The molecule has 0 bridgehead atoms. The van der Waals surface area contributed by atoms with E-state index in [1.165, 1.54) is 0 Å². The topological polar surface area (TPSA) is 37.3 Å². The summed E-state index contributed by atoms with van der Waals surface area (Å²) in [4.78, 5) is 10.4. The molecule has 2 nitrogen and oxygen atoms in total. The minimum atomic E-state index is 0.0420. The van der Waals surface area contributed by atoms with Crippen LogP contribution in [0, 0.1) is 9.49 Å². The lowest BCUT2D eigenvalue weighted by molar-refractivity contribution is -0.110. The van der Waals surface area contributed by atoms with Crippen molar-refractivity contribution in [2.75, 3.05) is 0 Å². The Morgan fingerprint density at radius 3 is 2.85 bits per heavy atom. The number of phenols is 1. The molecule has 1 aromatic rings. The average molecular weight is 290 g/mol. The van der Waals surface area contributed by atoms with E-state index in [1.54, 1.807) is 6.07 Å². The second kappa shape index (κ2) is 4.60. The lowest BCUT2D eigenvalue weighted by Gasteiger charge is -2.05. The van der Waals surface area contributed by atoms with Crippen LogP contribution in [0.4, 0.5) is 0 Å². The van der Waals surface area contributed by atoms with E-state index < -0.39 is 0 Å². The highest BCUT2D eigenvalue weighted by Crippen LogP contribution is 2.21. The molecule has 0 aliphatic heterocycles. The normalized spacial score (nSPS) is 12.5. The summed E-state index contributed by atoms with van der Waals surface area (Å²) in [6.45, 7) is 1.88. The van der Waals surface area contributed by atoms with E-state index in [-0.39, 0.29) is 5.92 Å². The molecule has 0 aromatic heterocycles. The molecule has 1 unspecified atom stereocenters. The highest BCUT2D eigenvalue weighted by molar-refractivity contribution is 14.1. The Labute approximate surface area is 91.1 Å². The lowest BCUT2D eigenvalue weighted by Crippen LogP contribution is -2.00. The largest absolute Gasteiger partial charge is 0.507 e. The number of carbonyl (C=O) groups is 1. The molecule has 70 valence electrons. The maximum Gasteiger partial charge on any atom is 0.128 e. The van der Waals surface area contributed by atoms with Gasteiger partial charge in [0.2, 0.25) is 0 Å². The Morgan fingerprint density at radius 2 is 2.31 bits per heavy atom. The summed E-state index contributed by atoms with van der Waals surface area (Å²) < 4.78 is 0.827. The number of aldehydes is 1. The molecule has 0 radical (unpaired) electrons. The van der Waals surface area contributed by atoms with Crippen molar-refractivity contribution >= 4 is 28.9 Å². The molecule has 1 aromatic carbocycles. The fraction of sp³-hybridized carbons (Fsp3) is 0.300. The van der Waals surface area contributed by atoms with Gasteiger partial charge in [-0.3, -0.25) is 0 Å². The van der Waals surface area contributed by atoms with Gasteiger partial charge in [-0.1, -0.05) is 13.0 Å². The Morgan fingerprint density at radius 1 is 1.62 bits per heavy atom. The number of halogens is 1. The smallest absolute Gasteiger partial charge is 0.128 e. The third-order valence-electron chi connectivity index (χ3n) is 1.80. The van der Waals surface area contributed by atoms with Gasteiger partial charge in [0.25, 0.3) is 0 Å². The minimum absolute atomic E-state index is 0.0420. The van der Waals surface area contributed by atoms with Gasteiger partial charge in [0.15, 0.2) is 0 Å². The van der Waals surface area contributed by atoms with Crippen LogP contribution in [0.15, 0.2) is 18.2 Å². The predicted molar refractivity (Wildman–Crippen MR) is 59.8 cm³/mol. The maximum atomic E-state index is 10.4. The summed E-state index contributed by atoms with van der Waals surface area (Å²) in [5.41, 5.74) is 1.09. The van der Waals surface area contributed by atoms with E-state index in [9.17, 15) is 9.90 Å². The quantitative estimate of drug-likeness (QED) is 0.685. The molecule has 0 fully saturated rings. The van der Waals surface area contributed by atoms with E-state index in [0.717, 1.165) is 21.8 Å². The van der Waals surface area contributed by atoms with Crippen molar-refractivity contribution in [2.45, 2.75) is 13.3 Å². The maximum absolute atomic E-state index is 10.4. The molecule has 0 spiro atoms. The Kier molecular flexibility index (Phi) is 3.71. The van der Waals surface area contributed by atoms with Crippen LogP contribution >= 0.6 is 22.6 Å². The van der Waals surface area contributed by atoms with Gasteiger partial charge in [0, 0.05) is 5.92 Å². The molecular weight excluding hydrogens is 279 g/mol. The van der Waals surface area contributed by atoms with Gasteiger partial charge < -0.3 is 9.90 Å². The number of benzene rings is 1. The standard InChI is InChI=1S/C10H11IO2/c1-7(6-12)4-8-2-3-10(13)9(11)5-8/h2-3,5-7,13H,4H2,1H3. The van der Waals surface area contributed by atoms with E-state index in [4.69, 9.17) is 0 Å². The summed E-state index contributed by atoms with van der Waals surface area (Å²) in [5, 5.41) is 9.26. The number of aromatic hydroxyl groups is 1. The lowest BCUT2D eigenvalue weighted by atomic mass is 10.0. The Balaban J connectivity index is 2.79. The van der Waals surface area contributed by atoms with Crippen LogP contribution in [-0.2, 0) is 11.2 Å². The summed E-state index contributed by atoms with van der Waals surface area (Å²) in [7, 11) is 0. The molecular formula is C10H11IO2. The number of phenolic OH excluding ortho intramolecular Hbond substituents is 1. The van der Waals surface area contributed by atoms with Crippen molar-refractivity contribution in [1.29, 1.82) is 0 Å². The van der Waals surface area contributed by atoms with Crippen molar-refractivity contribution in [3.8, 4) is 5.75 Å². The zero-order valence-electron chi connectivity index (χ0n) is 7.33. The second-order valence-corrected chi connectivity index (χ2v) is 4.27. The van der Waals surface area contributed by atoms with Crippen molar-refractivity contribution in [3.05, 3.63) is 27.3 Å². The monoisotopic (exact) mass is 290 g/mol. The van der Waals surface area contributed by atoms with Crippen LogP contribution in [0.2, 0.25) is 0 Å². The summed E-state index contributed by atoms with van der Waals surface area (Å²) in [6.07, 6.45) is 1.68. The highest BCUT2D eigenvalue weighted by atomic mass is 127. The zero-order chi connectivity index (χ0) is 9.84. The van der Waals surface area contributed by atoms with Crippen LogP contribution in [0.3, 0.4) is 0 Å². The fourth-order valence-electron chi connectivity index (χ4n) is 1.10. The first kappa shape index (κ1) is 10.5. The molecule has 0 aliphatic carbocycles. The number of rotatable bonds is 3. The van der Waals surface area contributed by atoms with Crippen LogP contribution in [-0.4, -0.2) is 11.4 Å². The molecule has 13 heavy (non-hydrogen) atoms. The zero-order valence-corrected chi connectivity index (χ0v) is 9.48. The fourth-order valence-corrected chi connectivity index (χ4v) is 1.68. The first-order valence-corrected chi connectivity index (χ1v) is 5.14. The van der Waals surface area contributed by atoms with Gasteiger partial charge in [-0.2, -0.15) is 0 Å². The van der Waals surface area contributed by atoms with Gasteiger partial charge >= 0.3 is 0 Å². The molecule has 0 saturated heterocycles. The Bertz CT molecular complexity index is 310. The van der Waals surface area contributed by atoms with E-state index in [2.05, 4.69) is 22.6 Å². The van der Waals surface area contributed by atoms with Crippen LogP contribution in [0.25, 0.3) is 0 Å².